The number of aromatic nitrogens is 4. The summed E-state index contributed by atoms with van der Waals surface area (Å²) in [5.41, 5.74) is 2.04. The molecule has 1 aliphatic heterocycles. The molecule has 116 valence electrons. The van der Waals surface area contributed by atoms with Crippen LogP contribution in [-0.4, -0.2) is 38.2 Å². The van der Waals surface area contributed by atoms with Gasteiger partial charge < -0.3 is 10.1 Å². The fourth-order valence-electron chi connectivity index (χ4n) is 2.62. The molecule has 0 unspecified atom stereocenters. The Labute approximate surface area is 132 Å². The van der Waals surface area contributed by atoms with Crippen LogP contribution in [0.25, 0.3) is 17.0 Å². The second-order valence-corrected chi connectivity index (χ2v) is 5.36. The molecule has 1 atom stereocenters. The molecule has 7 heteroatoms. The van der Waals surface area contributed by atoms with Crippen molar-refractivity contribution in [3.63, 3.8) is 0 Å². The molecule has 0 radical (unpaired) electrons. The number of hydrogen-bond donors (Lipinski definition) is 1. The highest BCUT2D eigenvalue weighted by atomic mass is 16.5. The minimum Gasteiger partial charge on any atom is -0.368 e. The summed E-state index contributed by atoms with van der Waals surface area (Å²) in [5.74, 6) is 0.429. The molecule has 1 N–H and O–H groups in total. The van der Waals surface area contributed by atoms with E-state index in [-0.39, 0.29) is 12.0 Å². The van der Waals surface area contributed by atoms with Gasteiger partial charge in [0.1, 0.15) is 6.10 Å². The maximum Gasteiger partial charge on any atom is 0.253 e. The van der Waals surface area contributed by atoms with Crippen LogP contribution < -0.4 is 5.32 Å². The first-order valence-electron chi connectivity index (χ1n) is 7.49. The first-order valence-corrected chi connectivity index (χ1v) is 7.49. The van der Waals surface area contributed by atoms with E-state index < -0.39 is 0 Å². The standard InChI is InChI=1S/C16H15N5O2/c22-16(13-6-3-9-23-13)18-12-5-2-8-21-15(12)19-14(20-21)11-4-1-7-17-10-11/h1-2,4-5,7-8,10,13H,3,6,9H2,(H,18,22)/t13-/m0/s1. The van der Waals surface area contributed by atoms with Gasteiger partial charge in [0.15, 0.2) is 11.5 Å². The second-order valence-electron chi connectivity index (χ2n) is 5.36. The van der Waals surface area contributed by atoms with Crippen molar-refractivity contribution in [1.82, 2.24) is 19.6 Å². The molecule has 1 saturated heterocycles. The lowest BCUT2D eigenvalue weighted by molar-refractivity contribution is -0.124. The number of carbonyl (C=O) groups excluding carboxylic acids is 1. The zero-order valence-corrected chi connectivity index (χ0v) is 12.3. The quantitative estimate of drug-likeness (QED) is 0.799. The average Bonchev–Trinajstić information content (AvgIpc) is 3.26. The monoisotopic (exact) mass is 309 g/mol. The van der Waals surface area contributed by atoms with Crippen molar-refractivity contribution in [3.05, 3.63) is 42.9 Å². The molecule has 3 aromatic rings. The van der Waals surface area contributed by atoms with Crippen LogP contribution in [0.2, 0.25) is 0 Å². The van der Waals surface area contributed by atoms with Gasteiger partial charge in [-0.05, 0) is 37.1 Å². The average molecular weight is 309 g/mol. The number of amides is 1. The molecule has 3 aromatic heterocycles. The van der Waals surface area contributed by atoms with Crippen LogP contribution >= 0.6 is 0 Å². The second kappa shape index (κ2) is 5.77. The third-order valence-electron chi connectivity index (χ3n) is 3.76. The van der Waals surface area contributed by atoms with E-state index in [0.29, 0.717) is 23.8 Å². The van der Waals surface area contributed by atoms with E-state index in [0.717, 1.165) is 18.4 Å². The smallest absolute Gasteiger partial charge is 0.253 e. The molecule has 7 nitrogen and oxygen atoms in total. The van der Waals surface area contributed by atoms with Crippen molar-refractivity contribution >= 4 is 17.2 Å². The highest BCUT2D eigenvalue weighted by Crippen LogP contribution is 2.21. The number of hydrogen-bond acceptors (Lipinski definition) is 5. The number of nitrogens with one attached hydrogen (secondary N) is 1. The molecule has 4 heterocycles. The lowest BCUT2D eigenvalue weighted by Gasteiger charge is -2.10. The summed E-state index contributed by atoms with van der Waals surface area (Å²) in [4.78, 5) is 20.8. The Kier molecular flexibility index (Phi) is 3.47. The van der Waals surface area contributed by atoms with Gasteiger partial charge in [0.2, 0.25) is 0 Å². The molecule has 23 heavy (non-hydrogen) atoms. The minimum atomic E-state index is -0.379. The van der Waals surface area contributed by atoms with Crippen molar-refractivity contribution in [2.24, 2.45) is 0 Å². The Morgan fingerprint density at radius 2 is 2.30 bits per heavy atom. The summed E-state index contributed by atoms with van der Waals surface area (Å²) < 4.78 is 7.06. The largest absolute Gasteiger partial charge is 0.368 e. The molecule has 0 bridgehead atoms. The van der Waals surface area contributed by atoms with Gasteiger partial charge in [-0.2, -0.15) is 0 Å². The molecule has 4 rings (SSSR count). The van der Waals surface area contributed by atoms with Crippen molar-refractivity contribution < 1.29 is 9.53 Å². The molecular weight excluding hydrogens is 294 g/mol. The topological polar surface area (TPSA) is 81.4 Å². The molecular formula is C16H15N5O2. The normalized spacial score (nSPS) is 17.5. The van der Waals surface area contributed by atoms with E-state index in [2.05, 4.69) is 20.4 Å². The number of carbonyl (C=O) groups is 1. The highest BCUT2D eigenvalue weighted by Gasteiger charge is 2.24. The Bertz CT molecular complexity index is 840. The zero-order chi connectivity index (χ0) is 15.6. The van der Waals surface area contributed by atoms with Crippen molar-refractivity contribution in [1.29, 1.82) is 0 Å². The van der Waals surface area contributed by atoms with Crippen LogP contribution in [0.3, 0.4) is 0 Å². The van der Waals surface area contributed by atoms with E-state index in [4.69, 9.17) is 4.74 Å². The minimum absolute atomic E-state index is 0.137. The zero-order valence-electron chi connectivity index (χ0n) is 12.3. The van der Waals surface area contributed by atoms with Crippen LogP contribution in [0.15, 0.2) is 42.9 Å². The predicted molar refractivity (Wildman–Crippen MR) is 83.8 cm³/mol. The van der Waals surface area contributed by atoms with Gasteiger partial charge in [-0.25, -0.2) is 9.50 Å². The van der Waals surface area contributed by atoms with Crippen LogP contribution in [0.1, 0.15) is 12.8 Å². The molecule has 0 saturated carbocycles. The van der Waals surface area contributed by atoms with Crippen molar-refractivity contribution in [2.45, 2.75) is 18.9 Å². The third kappa shape index (κ3) is 2.66. The summed E-state index contributed by atoms with van der Waals surface area (Å²) in [6, 6.07) is 7.36. The molecule has 0 aromatic carbocycles. The van der Waals surface area contributed by atoms with E-state index in [1.807, 2.05) is 24.3 Å². The van der Waals surface area contributed by atoms with Gasteiger partial charge in [-0.15, -0.1) is 5.10 Å². The number of anilines is 1. The van der Waals surface area contributed by atoms with Gasteiger partial charge in [0, 0.05) is 30.8 Å². The summed E-state index contributed by atoms with van der Waals surface area (Å²) in [6.45, 7) is 0.637. The first kappa shape index (κ1) is 13.8. The van der Waals surface area contributed by atoms with E-state index in [1.165, 1.54) is 0 Å². The van der Waals surface area contributed by atoms with Crippen LogP contribution in [0.5, 0.6) is 0 Å². The number of fused-ring (bicyclic) bond motifs is 1. The van der Waals surface area contributed by atoms with Crippen LogP contribution in [-0.2, 0) is 9.53 Å². The van der Waals surface area contributed by atoms with Gasteiger partial charge in [-0.1, -0.05) is 0 Å². The van der Waals surface area contributed by atoms with Gasteiger partial charge in [0.05, 0.1) is 5.69 Å². The van der Waals surface area contributed by atoms with Gasteiger partial charge >= 0.3 is 0 Å². The third-order valence-corrected chi connectivity index (χ3v) is 3.76. The van der Waals surface area contributed by atoms with E-state index in [1.54, 1.807) is 23.1 Å². The van der Waals surface area contributed by atoms with Gasteiger partial charge in [0.25, 0.3) is 5.91 Å². The fraction of sp³-hybridized carbons (Fsp3) is 0.250. The Hall–Kier alpha value is -2.80. The molecule has 0 spiro atoms. The van der Waals surface area contributed by atoms with Gasteiger partial charge in [-0.3, -0.25) is 9.78 Å². The van der Waals surface area contributed by atoms with Crippen LogP contribution in [0, 0.1) is 0 Å². The number of pyridine rings is 2. The van der Waals surface area contributed by atoms with Crippen molar-refractivity contribution in [2.75, 3.05) is 11.9 Å². The maximum absolute atomic E-state index is 12.2. The molecule has 1 aliphatic rings. The SMILES string of the molecule is O=C(Nc1cccn2nc(-c3cccnc3)nc12)[C@@H]1CCCO1. The summed E-state index contributed by atoms with van der Waals surface area (Å²) in [7, 11) is 0. The molecule has 1 amide bonds. The molecule has 0 aliphatic carbocycles. The number of nitrogens with zero attached hydrogens (tertiary/aromatic N) is 4. The lowest BCUT2D eigenvalue weighted by Crippen LogP contribution is -2.27. The summed E-state index contributed by atoms with van der Waals surface area (Å²) in [5, 5.41) is 7.32. The first-order chi connectivity index (χ1) is 11.3. The van der Waals surface area contributed by atoms with E-state index >= 15 is 0 Å². The summed E-state index contributed by atoms with van der Waals surface area (Å²) >= 11 is 0. The van der Waals surface area contributed by atoms with Crippen molar-refractivity contribution in [3.8, 4) is 11.4 Å². The number of ether oxygens (including phenoxy) is 1. The lowest BCUT2D eigenvalue weighted by atomic mass is 10.2. The Balaban J connectivity index is 1.67. The highest BCUT2D eigenvalue weighted by molar-refractivity contribution is 5.97. The number of rotatable bonds is 3. The van der Waals surface area contributed by atoms with Crippen LogP contribution in [0.4, 0.5) is 5.69 Å². The Morgan fingerprint density at radius 1 is 1.35 bits per heavy atom. The summed E-state index contributed by atoms with van der Waals surface area (Å²) in [6.07, 6.45) is 6.49. The fourth-order valence-corrected chi connectivity index (χ4v) is 2.62. The molecule has 1 fully saturated rings. The predicted octanol–water partition coefficient (Wildman–Crippen LogP) is 1.91. The Morgan fingerprint density at radius 3 is 3.09 bits per heavy atom. The van der Waals surface area contributed by atoms with E-state index in [9.17, 15) is 4.79 Å². The maximum atomic E-state index is 12.2.